The Bertz CT molecular complexity index is 486. The molecule has 3 rings (SSSR count). The van der Waals surface area contributed by atoms with Crippen LogP contribution in [0, 0.1) is 0 Å². The summed E-state index contributed by atoms with van der Waals surface area (Å²) in [6.45, 7) is 2.76. The number of nitrogens with zero attached hydrogens (tertiary/aromatic N) is 1. The lowest BCUT2D eigenvalue weighted by Gasteiger charge is -2.42. The SMILES string of the molecule is COc1ccc2c(c1)CN1C(=O)CCC1(C)N2. The number of fused-ring (bicyclic) bond motifs is 2. The van der Waals surface area contributed by atoms with Gasteiger partial charge >= 0.3 is 0 Å². The lowest BCUT2D eigenvalue weighted by molar-refractivity contribution is -0.131. The highest BCUT2D eigenvalue weighted by atomic mass is 16.5. The van der Waals surface area contributed by atoms with Crippen LogP contribution < -0.4 is 10.1 Å². The molecule has 2 heterocycles. The highest BCUT2D eigenvalue weighted by molar-refractivity contribution is 5.81. The number of nitrogens with one attached hydrogen (secondary N) is 1. The molecule has 1 N–H and O–H groups in total. The molecule has 1 amide bonds. The van der Waals surface area contributed by atoms with Crippen molar-refractivity contribution in [1.29, 1.82) is 0 Å². The van der Waals surface area contributed by atoms with E-state index in [1.54, 1.807) is 7.11 Å². The maximum absolute atomic E-state index is 11.8. The zero-order valence-electron chi connectivity index (χ0n) is 10.1. The smallest absolute Gasteiger partial charge is 0.224 e. The first kappa shape index (κ1) is 10.4. The highest BCUT2D eigenvalue weighted by Crippen LogP contribution is 2.39. The van der Waals surface area contributed by atoms with Gasteiger partial charge in [-0.1, -0.05) is 0 Å². The first-order chi connectivity index (χ1) is 8.12. The van der Waals surface area contributed by atoms with Crippen LogP contribution in [0.1, 0.15) is 25.3 Å². The maximum Gasteiger partial charge on any atom is 0.224 e. The van der Waals surface area contributed by atoms with Crippen LogP contribution in [0.3, 0.4) is 0 Å². The van der Waals surface area contributed by atoms with Gasteiger partial charge in [-0.25, -0.2) is 0 Å². The fourth-order valence-electron chi connectivity index (χ4n) is 2.70. The molecule has 1 saturated heterocycles. The van der Waals surface area contributed by atoms with Crippen molar-refractivity contribution in [2.24, 2.45) is 0 Å². The molecule has 2 aliphatic heterocycles. The van der Waals surface area contributed by atoms with E-state index >= 15 is 0 Å². The van der Waals surface area contributed by atoms with Gasteiger partial charge in [-0.3, -0.25) is 4.79 Å². The summed E-state index contributed by atoms with van der Waals surface area (Å²) in [6.07, 6.45) is 1.51. The zero-order chi connectivity index (χ0) is 12.0. The third-order valence-corrected chi connectivity index (χ3v) is 3.77. The predicted molar refractivity (Wildman–Crippen MR) is 64.8 cm³/mol. The van der Waals surface area contributed by atoms with Crippen LogP contribution >= 0.6 is 0 Å². The molecule has 17 heavy (non-hydrogen) atoms. The second kappa shape index (κ2) is 3.39. The Morgan fingerprint density at radius 2 is 2.29 bits per heavy atom. The van der Waals surface area contributed by atoms with E-state index < -0.39 is 0 Å². The molecule has 4 nitrogen and oxygen atoms in total. The second-order valence-corrected chi connectivity index (χ2v) is 4.90. The minimum absolute atomic E-state index is 0.210. The Hall–Kier alpha value is -1.71. The van der Waals surface area contributed by atoms with Gasteiger partial charge in [0.25, 0.3) is 0 Å². The third-order valence-electron chi connectivity index (χ3n) is 3.77. The third kappa shape index (κ3) is 1.47. The number of carbonyl (C=O) groups excluding carboxylic acids is 1. The summed E-state index contributed by atoms with van der Waals surface area (Å²) < 4.78 is 5.21. The first-order valence-electron chi connectivity index (χ1n) is 5.88. The van der Waals surface area contributed by atoms with Crippen molar-refractivity contribution in [3.63, 3.8) is 0 Å². The Morgan fingerprint density at radius 1 is 1.47 bits per heavy atom. The lowest BCUT2D eigenvalue weighted by atomic mass is 10.0. The summed E-state index contributed by atoms with van der Waals surface area (Å²) >= 11 is 0. The summed E-state index contributed by atoms with van der Waals surface area (Å²) in [5.41, 5.74) is 2.02. The van der Waals surface area contributed by atoms with Crippen molar-refractivity contribution in [1.82, 2.24) is 4.90 Å². The molecule has 1 aromatic carbocycles. The molecule has 1 aromatic rings. The predicted octanol–water partition coefficient (Wildman–Crippen LogP) is 1.96. The number of methoxy groups -OCH3 is 1. The second-order valence-electron chi connectivity index (χ2n) is 4.90. The summed E-state index contributed by atoms with van der Waals surface area (Å²) in [5.74, 6) is 1.06. The normalized spacial score (nSPS) is 26.2. The van der Waals surface area contributed by atoms with E-state index in [1.165, 1.54) is 0 Å². The zero-order valence-corrected chi connectivity index (χ0v) is 10.1. The molecule has 0 aromatic heterocycles. The van der Waals surface area contributed by atoms with E-state index in [2.05, 4.69) is 12.2 Å². The van der Waals surface area contributed by atoms with Crippen LogP contribution in [0.4, 0.5) is 5.69 Å². The minimum atomic E-state index is -0.210. The average Bonchev–Trinajstić information content (AvgIpc) is 2.62. The molecular weight excluding hydrogens is 216 g/mol. The number of hydrogen-bond donors (Lipinski definition) is 1. The van der Waals surface area contributed by atoms with Gasteiger partial charge in [-0.2, -0.15) is 0 Å². The number of benzene rings is 1. The monoisotopic (exact) mass is 232 g/mol. The van der Waals surface area contributed by atoms with Gasteiger partial charge in [0, 0.05) is 12.1 Å². The molecule has 0 aliphatic carbocycles. The number of ether oxygens (including phenoxy) is 1. The largest absolute Gasteiger partial charge is 0.497 e. The van der Waals surface area contributed by atoms with Gasteiger partial charge in [-0.15, -0.1) is 0 Å². The lowest BCUT2D eigenvalue weighted by Crippen LogP contribution is -2.51. The van der Waals surface area contributed by atoms with Crippen molar-refractivity contribution in [2.45, 2.75) is 32.0 Å². The van der Waals surface area contributed by atoms with E-state index in [0.717, 1.165) is 23.4 Å². The molecule has 0 spiro atoms. The van der Waals surface area contributed by atoms with Gasteiger partial charge in [0.05, 0.1) is 13.7 Å². The fraction of sp³-hybridized carbons (Fsp3) is 0.462. The van der Waals surface area contributed by atoms with Crippen molar-refractivity contribution < 1.29 is 9.53 Å². The number of anilines is 1. The minimum Gasteiger partial charge on any atom is -0.497 e. The van der Waals surface area contributed by atoms with E-state index in [-0.39, 0.29) is 11.6 Å². The number of rotatable bonds is 1. The van der Waals surface area contributed by atoms with Crippen LogP contribution in [-0.4, -0.2) is 23.6 Å². The highest BCUT2D eigenvalue weighted by Gasteiger charge is 2.44. The van der Waals surface area contributed by atoms with E-state index in [1.807, 2.05) is 23.1 Å². The van der Waals surface area contributed by atoms with Crippen molar-refractivity contribution in [3.05, 3.63) is 23.8 Å². The quantitative estimate of drug-likeness (QED) is 0.804. The Morgan fingerprint density at radius 3 is 3.06 bits per heavy atom. The van der Waals surface area contributed by atoms with Gasteiger partial charge in [0.15, 0.2) is 0 Å². The van der Waals surface area contributed by atoms with Crippen LogP contribution in [0.25, 0.3) is 0 Å². The van der Waals surface area contributed by atoms with E-state index in [4.69, 9.17) is 4.74 Å². The summed E-state index contributed by atoms with van der Waals surface area (Å²) in [7, 11) is 1.66. The van der Waals surface area contributed by atoms with Crippen LogP contribution in [0.2, 0.25) is 0 Å². The van der Waals surface area contributed by atoms with Crippen molar-refractivity contribution >= 4 is 11.6 Å². The molecule has 1 fully saturated rings. The maximum atomic E-state index is 11.8. The Balaban J connectivity index is 2.01. The van der Waals surface area contributed by atoms with Gasteiger partial charge in [0.2, 0.25) is 5.91 Å². The standard InChI is InChI=1S/C13H16N2O2/c1-13-6-5-12(16)15(13)8-9-7-10(17-2)3-4-11(9)14-13/h3-4,7,14H,5-6,8H2,1-2H3. The number of carbonyl (C=O) groups is 1. The molecule has 1 atom stereocenters. The molecule has 0 saturated carbocycles. The molecule has 4 heteroatoms. The summed E-state index contributed by atoms with van der Waals surface area (Å²) in [4.78, 5) is 13.8. The van der Waals surface area contributed by atoms with Gasteiger partial charge < -0.3 is 15.0 Å². The molecule has 1 unspecified atom stereocenters. The van der Waals surface area contributed by atoms with E-state index in [0.29, 0.717) is 13.0 Å². The molecule has 0 bridgehead atoms. The first-order valence-corrected chi connectivity index (χ1v) is 5.88. The Labute approximate surface area is 101 Å². The summed E-state index contributed by atoms with van der Waals surface area (Å²) in [6, 6.07) is 5.97. The van der Waals surface area contributed by atoms with Gasteiger partial charge in [-0.05, 0) is 37.1 Å². The molecule has 0 radical (unpaired) electrons. The molecular formula is C13H16N2O2. The Kier molecular flexibility index (Phi) is 2.08. The number of hydrogen-bond acceptors (Lipinski definition) is 3. The van der Waals surface area contributed by atoms with Crippen LogP contribution in [0.15, 0.2) is 18.2 Å². The average molecular weight is 232 g/mol. The summed E-state index contributed by atoms with van der Waals surface area (Å²) in [5, 5.41) is 3.47. The number of amides is 1. The van der Waals surface area contributed by atoms with Crippen LogP contribution in [-0.2, 0) is 11.3 Å². The van der Waals surface area contributed by atoms with Crippen molar-refractivity contribution in [2.75, 3.05) is 12.4 Å². The van der Waals surface area contributed by atoms with Crippen LogP contribution in [0.5, 0.6) is 5.75 Å². The topological polar surface area (TPSA) is 41.6 Å². The van der Waals surface area contributed by atoms with Gasteiger partial charge in [0.1, 0.15) is 11.4 Å². The van der Waals surface area contributed by atoms with Crippen molar-refractivity contribution in [3.8, 4) is 5.75 Å². The molecule has 90 valence electrons. The van der Waals surface area contributed by atoms with E-state index in [9.17, 15) is 4.79 Å². The fourth-order valence-corrected chi connectivity index (χ4v) is 2.70. The molecule has 2 aliphatic rings.